The van der Waals surface area contributed by atoms with E-state index in [-0.39, 0.29) is 18.0 Å². The summed E-state index contributed by atoms with van der Waals surface area (Å²) < 4.78 is 29.5. The zero-order valence-electron chi connectivity index (χ0n) is 16.0. The number of hydrogen-bond acceptors (Lipinski definition) is 6. The maximum absolute atomic E-state index is 12.8. The molecule has 1 N–H and O–H groups in total. The number of nitrogens with one attached hydrogen (secondary N) is 1. The van der Waals surface area contributed by atoms with Crippen LogP contribution in [0.15, 0.2) is 53.8 Å². The monoisotopic (exact) mass is 465 g/mol. The summed E-state index contributed by atoms with van der Waals surface area (Å²) >= 11 is 12.0. The number of carbonyl (C=O) groups excluding carboxylic acids is 1. The molecule has 156 valence electrons. The summed E-state index contributed by atoms with van der Waals surface area (Å²) in [5, 5.41) is 3.14. The second-order valence-corrected chi connectivity index (χ2v) is 9.25. The Morgan fingerprint density at radius 2 is 1.80 bits per heavy atom. The number of sulfone groups is 1. The van der Waals surface area contributed by atoms with E-state index in [0.29, 0.717) is 21.4 Å². The van der Waals surface area contributed by atoms with Crippen LogP contribution in [0.1, 0.15) is 21.5 Å². The van der Waals surface area contributed by atoms with Crippen molar-refractivity contribution in [1.29, 1.82) is 0 Å². The van der Waals surface area contributed by atoms with Crippen molar-refractivity contribution in [1.82, 2.24) is 15.3 Å². The maximum atomic E-state index is 12.8. The lowest BCUT2D eigenvalue weighted by atomic mass is 10.2. The second-order valence-electron chi connectivity index (χ2n) is 6.47. The zero-order chi connectivity index (χ0) is 21.9. The Balaban J connectivity index is 1.92. The average Bonchev–Trinajstić information content (AvgIpc) is 2.66. The third kappa shape index (κ3) is 5.47. The number of ether oxygens (including phenoxy) is 1. The van der Waals surface area contributed by atoms with Gasteiger partial charge in [0.1, 0.15) is 11.3 Å². The molecule has 0 fully saturated rings. The number of halogens is 2. The van der Waals surface area contributed by atoms with Gasteiger partial charge in [0.05, 0.1) is 0 Å². The molecule has 0 spiro atoms. The number of nitrogens with zero attached hydrogens (tertiary/aromatic N) is 2. The molecule has 0 bridgehead atoms. The lowest BCUT2D eigenvalue weighted by Crippen LogP contribution is -2.24. The molecule has 1 heterocycles. The standard InChI is InChI=1S/C20H17Cl2N3O4S/c1-12-5-3-4-6-17(12)29-19-16(11-24-20(25-19)30(2,27)28)18(26)23-10-13-7-14(21)9-15(22)8-13/h3-9,11H,10H2,1-2H3,(H,23,26). The van der Waals surface area contributed by atoms with Crippen LogP contribution in [0.25, 0.3) is 0 Å². The SMILES string of the molecule is Cc1ccccc1Oc1nc(S(C)(=O)=O)ncc1C(=O)NCc1cc(Cl)cc(Cl)c1. The molecule has 0 aliphatic rings. The molecule has 3 aromatic rings. The Hall–Kier alpha value is -2.68. The van der Waals surface area contributed by atoms with Crippen LogP contribution in [0.5, 0.6) is 11.6 Å². The van der Waals surface area contributed by atoms with Crippen molar-refractivity contribution in [2.75, 3.05) is 6.26 Å². The summed E-state index contributed by atoms with van der Waals surface area (Å²) in [6.07, 6.45) is 2.10. The van der Waals surface area contributed by atoms with Gasteiger partial charge in [-0.3, -0.25) is 4.79 Å². The first-order valence-corrected chi connectivity index (χ1v) is 11.3. The number of rotatable bonds is 6. The van der Waals surface area contributed by atoms with E-state index in [1.54, 1.807) is 30.3 Å². The van der Waals surface area contributed by atoms with Crippen LogP contribution in [-0.4, -0.2) is 30.5 Å². The minimum Gasteiger partial charge on any atom is -0.438 e. The van der Waals surface area contributed by atoms with E-state index in [1.165, 1.54) is 0 Å². The summed E-state index contributed by atoms with van der Waals surface area (Å²) in [4.78, 5) is 20.5. The van der Waals surface area contributed by atoms with E-state index < -0.39 is 20.9 Å². The first-order valence-electron chi connectivity index (χ1n) is 8.67. The molecule has 1 amide bonds. The molecular weight excluding hydrogens is 449 g/mol. The fourth-order valence-corrected chi connectivity index (χ4v) is 3.59. The smallest absolute Gasteiger partial charge is 0.258 e. The molecule has 0 aliphatic carbocycles. The summed E-state index contributed by atoms with van der Waals surface area (Å²) in [6, 6.07) is 12.0. The van der Waals surface area contributed by atoms with Crippen LogP contribution < -0.4 is 10.1 Å². The molecule has 0 saturated heterocycles. The van der Waals surface area contributed by atoms with Gasteiger partial charge in [-0.2, -0.15) is 4.98 Å². The highest BCUT2D eigenvalue weighted by Crippen LogP contribution is 2.27. The van der Waals surface area contributed by atoms with Gasteiger partial charge in [-0.05, 0) is 42.3 Å². The van der Waals surface area contributed by atoms with Crippen LogP contribution >= 0.6 is 23.2 Å². The number of benzene rings is 2. The molecule has 0 saturated carbocycles. The van der Waals surface area contributed by atoms with Gasteiger partial charge < -0.3 is 10.1 Å². The van der Waals surface area contributed by atoms with Gasteiger partial charge in [0.25, 0.3) is 5.91 Å². The van der Waals surface area contributed by atoms with E-state index in [4.69, 9.17) is 27.9 Å². The van der Waals surface area contributed by atoms with Crippen LogP contribution in [0, 0.1) is 6.92 Å². The molecular formula is C20H17Cl2N3O4S. The fourth-order valence-electron chi connectivity index (χ4n) is 2.53. The van der Waals surface area contributed by atoms with Crippen molar-refractivity contribution < 1.29 is 17.9 Å². The van der Waals surface area contributed by atoms with Gasteiger partial charge >= 0.3 is 0 Å². The molecule has 0 atom stereocenters. The highest BCUT2D eigenvalue weighted by atomic mass is 35.5. The summed E-state index contributed by atoms with van der Waals surface area (Å²) in [5.74, 6) is -0.276. The molecule has 10 heteroatoms. The number of carbonyl (C=O) groups is 1. The third-order valence-electron chi connectivity index (χ3n) is 3.98. The minimum absolute atomic E-state index is 0.0150. The van der Waals surface area contributed by atoms with Gasteiger partial charge in [-0.15, -0.1) is 0 Å². The first kappa shape index (κ1) is 22.0. The number of aryl methyl sites for hydroxylation is 1. The predicted octanol–water partition coefficient (Wildman–Crippen LogP) is 4.22. The largest absolute Gasteiger partial charge is 0.438 e. The van der Waals surface area contributed by atoms with E-state index in [0.717, 1.165) is 18.0 Å². The van der Waals surface area contributed by atoms with Gasteiger partial charge in [0, 0.05) is 29.0 Å². The van der Waals surface area contributed by atoms with Gasteiger partial charge in [-0.1, -0.05) is 41.4 Å². The van der Waals surface area contributed by atoms with Crippen LogP contribution in [0.4, 0.5) is 0 Å². The Labute approximate surface area is 184 Å². The van der Waals surface area contributed by atoms with Crippen LogP contribution in [0.3, 0.4) is 0 Å². The fraction of sp³-hybridized carbons (Fsp3) is 0.150. The highest BCUT2D eigenvalue weighted by Gasteiger charge is 2.21. The lowest BCUT2D eigenvalue weighted by molar-refractivity contribution is 0.0947. The van der Waals surface area contributed by atoms with E-state index in [1.807, 2.05) is 19.1 Å². The molecule has 0 radical (unpaired) electrons. The zero-order valence-corrected chi connectivity index (χ0v) is 18.3. The van der Waals surface area contributed by atoms with E-state index >= 15 is 0 Å². The van der Waals surface area contributed by atoms with Crippen LogP contribution in [0.2, 0.25) is 10.0 Å². The maximum Gasteiger partial charge on any atom is 0.258 e. The first-order chi connectivity index (χ1) is 14.1. The molecule has 30 heavy (non-hydrogen) atoms. The Bertz CT molecular complexity index is 1200. The molecule has 2 aromatic carbocycles. The molecule has 0 aliphatic heterocycles. The number of hydrogen-bond donors (Lipinski definition) is 1. The summed E-state index contributed by atoms with van der Waals surface area (Å²) in [6.45, 7) is 1.95. The van der Waals surface area contributed by atoms with Gasteiger partial charge in [-0.25, -0.2) is 13.4 Å². The summed E-state index contributed by atoms with van der Waals surface area (Å²) in [5.41, 5.74) is 1.46. The topological polar surface area (TPSA) is 98.2 Å². The third-order valence-corrected chi connectivity index (χ3v) is 5.28. The van der Waals surface area contributed by atoms with Crippen molar-refractivity contribution in [2.45, 2.75) is 18.6 Å². The second kappa shape index (κ2) is 8.99. The van der Waals surface area contributed by atoms with Gasteiger partial charge in [0.15, 0.2) is 0 Å². The quantitative estimate of drug-likeness (QED) is 0.547. The van der Waals surface area contributed by atoms with E-state index in [9.17, 15) is 13.2 Å². The van der Waals surface area contributed by atoms with Crippen molar-refractivity contribution >= 4 is 38.9 Å². The van der Waals surface area contributed by atoms with Crippen molar-refractivity contribution in [2.24, 2.45) is 0 Å². The Morgan fingerprint density at radius 1 is 1.13 bits per heavy atom. The van der Waals surface area contributed by atoms with E-state index in [2.05, 4.69) is 15.3 Å². The number of aromatic nitrogens is 2. The minimum atomic E-state index is -3.70. The number of para-hydroxylation sites is 1. The Kier molecular flexibility index (Phi) is 6.60. The van der Waals surface area contributed by atoms with Crippen LogP contribution in [-0.2, 0) is 16.4 Å². The normalized spacial score (nSPS) is 11.2. The lowest BCUT2D eigenvalue weighted by Gasteiger charge is -2.13. The molecule has 0 unspecified atom stereocenters. The number of amides is 1. The highest BCUT2D eigenvalue weighted by molar-refractivity contribution is 7.90. The Morgan fingerprint density at radius 3 is 2.43 bits per heavy atom. The van der Waals surface area contributed by atoms with Gasteiger partial charge in [0.2, 0.25) is 20.9 Å². The van der Waals surface area contributed by atoms with Crippen molar-refractivity contribution in [3.05, 3.63) is 75.4 Å². The summed E-state index contributed by atoms with van der Waals surface area (Å²) in [7, 11) is -3.70. The molecule has 3 rings (SSSR count). The molecule has 1 aromatic heterocycles. The average molecular weight is 466 g/mol. The predicted molar refractivity (Wildman–Crippen MR) is 114 cm³/mol. The molecule has 7 nitrogen and oxygen atoms in total. The van der Waals surface area contributed by atoms with Crippen molar-refractivity contribution in [3.63, 3.8) is 0 Å². The van der Waals surface area contributed by atoms with Crippen molar-refractivity contribution in [3.8, 4) is 11.6 Å².